The van der Waals surface area contributed by atoms with E-state index >= 15 is 0 Å². The zero-order valence-corrected chi connectivity index (χ0v) is 9.65. The lowest BCUT2D eigenvalue weighted by Gasteiger charge is -2.24. The highest BCUT2D eigenvalue weighted by Gasteiger charge is 2.55. The van der Waals surface area contributed by atoms with Gasteiger partial charge in [-0.15, -0.1) is 0 Å². The fourth-order valence-electron chi connectivity index (χ4n) is 1.97. The third kappa shape index (κ3) is 1.88. The summed E-state index contributed by atoms with van der Waals surface area (Å²) >= 11 is 0. The number of hydrogen-bond donors (Lipinski definition) is 3. The van der Waals surface area contributed by atoms with Gasteiger partial charge in [0.15, 0.2) is 11.9 Å². The standard InChI is InChI=1S/C10H14FN3O4/c1-10(11)7(16)5(4-15)18-8(10)14-3-2-6(12)13-9(14)17/h2-3,5,7-8,15-16H,4H2,1H3,(H2,12,13,17)/t5-,7+,8+,10+/m1/s1. The van der Waals surface area contributed by atoms with Crippen molar-refractivity contribution >= 4 is 5.82 Å². The van der Waals surface area contributed by atoms with Gasteiger partial charge in [0.1, 0.15) is 18.0 Å². The van der Waals surface area contributed by atoms with E-state index in [2.05, 4.69) is 4.98 Å². The molecule has 100 valence electrons. The number of aliphatic hydroxyl groups excluding tert-OH is 2. The lowest BCUT2D eigenvalue weighted by molar-refractivity contribution is -0.0610. The molecule has 4 atom stereocenters. The second-order valence-electron chi connectivity index (χ2n) is 4.35. The summed E-state index contributed by atoms with van der Waals surface area (Å²) < 4.78 is 20.4. The van der Waals surface area contributed by atoms with Crippen molar-refractivity contribution < 1.29 is 19.3 Å². The van der Waals surface area contributed by atoms with Gasteiger partial charge >= 0.3 is 5.69 Å². The van der Waals surface area contributed by atoms with E-state index in [1.54, 1.807) is 0 Å². The van der Waals surface area contributed by atoms with Crippen LogP contribution in [0.25, 0.3) is 0 Å². The molecule has 1 aromatic rings. The Hall–Kier alpha value is -1.51. The summed E-state index contributed by atoms with van der Waals surface area (Å²) in [7, 11) is 0. The zero-order chi connectivity index (χ0) is 13.5. The first-order chi connectivity index (χ1) is 8.37. The number of anilines is 1. The maximum atomic E-state index is 14.4. The van der Waals surface area contributed by atoms with Crippen LogP contribution in [0.3, 0.4) is 0 Å². The van der Waals surface area contributed by atoms with Crippen LogP contribution in [-0.4, -0.2) is 44.2 Å². The summed E-state index contributed by atoms with van der Waals surface area (Å²) in [5.74, 6) is 0.00839. The molecule has 4 N–H and O–H groups in total. The Morgan fingerprint density at radius 1 is 1.72 bits per heavy atom. The first-order valence-corrected chi connectivity index (χ1v) is 5.36. The van der Waals surface area contributed by atoms with Crippen LogP contribution in [0, 0.1) is 0 Å². The predicted molar refractivity (Wildman–Crippen MR) is 59.4 cm³/mol. The molecule has 1 aliphatic heterocycles. The molecular weight excluding hydrogens is 245 g/mol. The van der Waals surface area contributed by atoms with Crippen LogP contribution in [0.5, 0.6) is 0 Å². The predicted octanol–water partition coefficient (Wildman–Crippen LogP) is -1.20. The molecule has 1 saturated heterocycles. The van der Waals surface area contributed by atoms with Crippen molar-refractivity contribution in [3.8, 4) is 0 Å². The van der Waals surface area contributed by atoms with E-state index in [4.69, 9.17) is 15.6 Å². The molecule has 0 bridgehead atoms. The van der Waals surface area contributed by atoms with Gasteiger partial charge in [-0.1, -0.05) is 0 Å². The van der Waals surface area contributed by atoms with Gasteiger partial charge in [-0.3, -0.25) is 4.57 Å². The maximum absolute atomic E-state index is 14.4. The van der Waals surface area contributed by atoms with Crippen molar-refractivity contribution in [1.29, 1.82) is 0 Å². The molecule has 0 spiro atoms. The number of ether oxygens (including phenoxy) is 1. The number of nitrogen functional groups attached to an aromatic ring is 1. The van der Waals surface area contributed by atoms with Crippen molar-refractivity contribution in [2.75, 3.05) is 12.3 Å². The average Bonchev–Trinajstić information content (AvgIpc) is 2.52. The lowest BCUT2D eigenvalue weighted by Crippen LogP contribution is -2.42. The van der Waals surface area contributed by atoms with Gasteiger partial charge in [0, 0.05) is 6.20 Å². The first kappa shape index (κ1) is 12.9. The summed E-state index contributed by atoms with van der Waals surface area (Å²) in [6.07, 6.45) is -2.74. The van der Waals surface area contributed by atoms with Crippen LogP contribution in [0.4, 0.5) is 10.2 Å². The van der Waals surface area contributed by atoms with Crippen LogP contribution < -0.4 is 11.4 Å². The molecule has 1 aromatic heterocycles. The van der Waals surface area contributed by atoms with Gasteiger partial charge in [-0.25, -0.2) is 9.18 Å². The third-order valence-electron chi connectivity index (χ3n) is 3.00. The summed E-state index contributed by atoms with van der Waals surface area (Å²) in [5, 5.41) is 18.6. The number of nitrogens with zero attached hydrogens (tertiary/aromatic N) is 2. The van der Waals surface area contributed by atoms with E-state index in [-0.39, 0.29) is 5.82 Å². The van der Waals surface area contributed by atoms with Crippen molar-refractivity contribution in [2.45, 2.75) is 31.0 Å². The monoisotopic (exact) mass is 259 g/mol. The van der Waals surface area contributed by atoms with Crippen LogP contribution in [0.1, 0.15) is 13.2 Å². The molecule has 2 rings (SSSR count). The molecule has 0 unspecified atom stereocenters. The van der Waals surface area contributed by atoms with Gasteiger partial charge in [-0.05, 0) is 13.0 Å². The normalized spacial score (nSPS) is 35.9. The Kier molecular flexibility index (Phi) is 3.09. The fraction of sp³-hybridized carbons (Fsp3) is 0.600. The fourth-order valence-corrected chi connectivity index (χ4v) is 1.97. The van der Waals surface area contributed by atoms with Crippen molar-refractivity contribution in [1.82, 2.24) is 9.55 Å². The number of halogens is 1. The SMILES string of the molecule is C[C@@]1(F)[C@@H](n2ccc(N)nc2=O)O[C@H](CO)[C@@H]1O. The minimum Gasteiger partial charge on any atom is -0.394 e. The molecule has 0 radical (unpaired) electrons. The van der Waals surface area contributed by atoms with Crippen molar-refractivity contribution in [2.24, 2.45) is 0 Å². The Bertz CT molecular complexity index is 504. The lowest BCUT2D eigenvalue weighted by atomic mass is 9.98. The van der Waals surface area contributed by atoms with Gasteiger partial charge in [0.25, 0.3) is 0 Å². The van der Waals surface area contributed by atoms with E-state index in [9.17, 15) is 14.3 Å². The van der Waals surface area contributed by atoms with E-state index in [0.717, 1.165) is 11.5 Å². The largest absolute Gasteiger partial charge is 0.394 e. The number of nitrogens with two attached hydrogens (primary N) is 1. The van der Waals surface area contributed by atoms with E-state index in [1.165, 1.54) is 12.3 Å². The average molecular weight is 259 g/mol. The molecule has 0 aliphatic carbocycles. The van der Waals surface area contributed by atoms with Crippen molar-refractivity contribution in [3.63, 3.8) is 0 Å². The number of alkyl halides is 1. The molecule has 18 heavy (non-hydrogen) atoms. The smallest absolute Gasteiger partial charge is 0.351 e. The highest BCUT2D eigenvalue weighted by Crippen LogP contribution is 2.40. The summed E-state index contributed by atoms with van der Waals surface area (Å²) in [4.78, 5) is 15.1. The number of aromatic nitrogens is 2. The number of hydrogen-bond acceptors (Lipinski definition) is 6. The second-order valence-corrected chi connectivity index (χ2v) is 4.35. The Balaban J connectivity index is 2.42. The molecular formula is C10H14FN3O4. The molecule has 7 nitrogen and oxygen atoms in total. The highest BCUT2D eigenvalue weighted by atomic mass is 19.1. The van der Waals surface area contributed by atoms with Gasteiger partial charge in [0.05, 0.1) is 6.61 Å². The van der Waals surface area contributed by atoms with Gasteiger partial charge < -0.3 is 20.7 Å². The minimum absolute atomic E-state index is 0.00839. The molecule has 0 amide bonds. The number of aliphatic hydroxyl groups is 2. The van der Waals surface area contributed by atoms with E-state index in [1.807, 2.05) is 0 Å². The molecule has 0 aromatic carbocycles. The van der Waals surface area contributed by atoms with Gasteiger partial charge in [-0.2, -0.15) is 4.98 Å². The summed E-state index contributed by atoms with van der Waals surface area (Å²) in [6.45, 7) is 0.551. The summed E-state index contributed by atoms with van der Waals surface area (Å²) in [5.41, 5.74) is 2.33. The Morgan fingerprint density at radius 3 is 2.89 bits per heavy atom. The third-order valence-corrected chi connectivity index (χ3v) is 3.00. The van der Waals surface area contributed by atoms with Crippen LogP contribution in [0.2, 0.25) is 0 Å². The van der Waals surface area contributed by atoms with Crippen LogP contribution in [0.15, 0.2) is 17.1 Å². The van der Waals surface area contributed by atoms with Crippen LogP contribution >= 0.6 is 0 Å². The molecule has 1 fully saturated rings. The highest BCUT2D eigenvalue weighted by molar-refractivity contribution is 5.23. The first-order valence-electron chi connectivity index (χ1n) is 5.36. The van der Waals surface area contributed by atoms with Crippen molar-refractivity contribution in [3.05, 3.63) is 22.7 Å². The zero-order valence-electron chi connectivity index (χ0n) is 9.65. The quantitative estimate of drug-likeness (QED) is 0.615. The Morgan fingerprint density at radius 2 is 2.39 bits per heavy atom. The Labute approximate surface area is 102 Å². The van der Waals surface area contributed by atoms with Gasteiger partial charge in [0.2, 0.25) is 0 Å². The molecule has 8 heteroatoms. The molecule has 2 heterocycles. The van der Waals surface area contributed by atoms with E-state index < -0.39 is 36.4 Å². The minimum atomic E-state index is -2.21. The second kappa shape index (κ2) is 4.30. The molecule has 0 saturated carbocycles. The van der Waals surface area contributed by atoms with Crippen LogP contribution in [-0.2, 0) is 4.74 Å². The number of rotatable bonds is 2. The summed E-state index contributed by atoms with van der Waals surface area (Å²) in [6, 6.07) is 1.32. The maximum Gasteiger partial charge on any atom is 0.351 e. The molecule has 1 aliphatic rings. The van der Waals surface area contributed by atoms with E-state index in [0.29, 0.717) is 0 Å². The topological polar surface area (TPSA) is 111 Å².